The average molecular weight is 394 g/mol. The molecule has 0 aliphatic carbocycles. The van der Waals surface area contributed by atoms with Crippen molar-refractivity contribution >= 4 is 21.6 Å². The number of rotatable bonds is 7. The lowest BCUT2D eigenvalue weighted by Gasteiger charge is -2.29. The molecule has 2 rings (SSSR count). The van der Waals surface area contributed by atoms with Gasteiger partial charge in [-0.2, -0.15) is 0 Å². The molecule has 0 bridgehead atoms. The molecule has 0 radical (unpaired) electrons. The molecule has 0 aliphatic heterocycles. The minimum Gasteiger partial charge on any atom is -0.496 e. The van der Waals surface area contributed by atoms with Crippen LogP contribution >= 0.6 is 0 Å². The minimum absolute atomic E-state index is 0.174. The number of ether oxygens (including phenoxy) is 1. The van der Waals surface area contributed by atoms with Crippen LogP contribution in [0, 0.1) is 5.82 Å². The van der Waals surface area contributed by atoms with Crippen LogP contribution in [0.2, 0.25) is 0 Å². The number of nitrogens with one attached hydrogen (secondary N) is 1. The predicted octanol–water partition coefficient (Wildman–Crippen LogP) is 2.87. The fourth-order valence-electron chi connectivity index (χ4n) is 2.85. The molecule has 8 heteroatoms. The number of carbonyl (C=O) groups excluding carboxylic acids is 1. The van der Waals surface area contributed by atoms with Gasteiger partial charge in [0.15, 0.2) is 0 Å². The van der Waals surface area contributed by atoms with Crippen molar-refractivity contribution in [1.82, 2.24) is 5.32 Å². The molecule has 0 saturated heterocycles. The highest BCUT2D eigenvalue weighted by molar-refractivity contribution is 7.92. The van der Waals surface area contributed by atoms with E-state index in [1.807, 2.05) is 12.1 Å². The summed E-state index contributed by atoms with van der Waals surface area (Å²) in [7, 11) is -2.36. The van der Waals surface area contributed by atoms with Crippen LogP contribution in [0.3, 0.4) is 0 Å². The molecule has 2 aromatic carbocycles. The summed E-state index contributed by atoms with van der Waals surface area (Å²) in [6, 6.07) is 11.1. The molecule has 146 valence electrons. The van der Waals surface area contributed by atoms with Gasteiger partial charge in [-0.05, 0) is 32.0 Å². The average Bonchev–Trinajstić information content (AvgIpc) is 2.62. The molecule has 0 saturated carbocycles. The number of nitrogens with zero attached hydrogens (tertiary/aromatic N) is 1. The van der Waals surface area contributed by atoms with Crippen molar-refractivity contribution in [2.45, 2.75) is 25.9 Å². The molecular weight excluding hydrogens is 371 g/mol. The molecule has 2 atom stereocenters. The van der Waals surface area contributed by atoms with E-state index in [4.69, 9.17) is 4.74 Å². The molecular formula is C19H23FN2O4S. The summed E-state index contributed by atoms with van der Waals surface area (Å²) < 4.78 is 44.7. The molecule has 0 spiro atoms. The standard InChI is InChI=1S/C19H23FN2O4S/c1-13(15-9-5-8-12-18(15)26-3)21-19(23)14(2)22(27(4,24)25)17-11-7-6-10-16(17)20/h5-14H,1-4H3,(H,21,23)/t13-,14-/m0/s1. The molecule has 6 nitrogen and oxygen atoms in total. The van der Waals surface area contributed by atoms with E-state index in [-0.39, 0.29) is 5.69 Å². The van der Waals surface area contributed by atoms with Crippen LogP contribution in [-0.4, -0.2) is 33.7 Å². The number of carbonyl (C=O) groups is 1. The molecule has 0 unspecified atom stereocenters. The van der Waals surface area contributed by atoms with Crippen molar-refractivity contribution in [1.29, 1.82) is 0 Å². The van der Waals surface area contributed by atoms with Gasteiger partial charge in [-0.3, -0.25) is 9.10 Å². The van der Waals surface area contributed by atoms with E-state index in [0.717, 1.165) is 22.2 Å². The first-order valence-electron chi connectivity index (χ1n) is 8.34. The van der Waals surface area contributed by atoms with Gasteiger partial charge in [0.1, 0.15) is 17.6 Å². The van der Waals surface area contributed by atoms with E-state index >= 15 is 0 Å². The molecule has 0 aliphatic rings. The van der Waals surface area contributed by atoms with Crippen molar-refractivity contribution in [3.8, 4) is 5.75 Å². The van der Waals surface area contributed by atoms with Crippen LogP contribution in [0.4, 0.5) is 10.1 Å². The molecule has 0 aromatic heterocycles. The molecule has 0 fully saturated rings. The Balaban J connectivity index is 2.29. The first kappa shape index (κ1) is 20.7. The van der Waals surface area contributed by atoms with Gasteiger partial charge in [-0.1, -0.05) is 30.3 Å². The first-order chi connectivity index (χ1) is 12.7. The maximum atomic E-state index is 14.2. The number of amides is 1. The maximum absolute atomic E-state index is 14.2. The summed E-state index contributed by atoms with van der Waals surface area (Å²) >= 11 is 0. The normalized spacial score (nSPS) is 13.5. The summed E-state index contributed by atoms with van der Waals surface area (Å²) in [5, 5.41) is 2.76. The van der Waals surface area contributed by atoms with Crippen LogP contribution < -0.4 is 14.4 Å². The molecule has 2 aromatic rings. The van der Waals surface area contributed by atoms with E-state index in [2.05, 4.69) is 5.32 Å². The summed E-state index contributed by atoms with van der Waals surface area (Å²) in [5.41, 5.74) is 0.574. The van der Waals surface area contributed by atoms with Crippen LogP contribution in [0.5, 0.6) is 5.75 Å². The summed E-state index contributed by atoms with van der Waals surface area (Å²) in [6.45, 7) is 3.17. The lowest BCUT2D eigenvalue weighted by molar-refractivity contribution is -0.122. The highest BCUT2D eigenvalue weighted by Gasteiger charge is 2.31. The number of hydrogen-bond acceptors (Lipinski definition) is 4. The van der Waals surface area contributed by atoms with Gasteiger partial charge in [0.05, 0.1) is 25.1 Å². The fourth-order valence-corrected chi connectivity index (χ4v) is 4.02. The summed E-state index contributed by atoms with van der Waals surface area (Å²) in [4.78, 5) is 12.7. The zero-order valence-corrected chi connectivity index (χ0v) is 16.5. The smallest absolute Gasteiger partial charge is 0.244 e. The number of sulfonamides is 1. The van der Waals surface area contributed by atoms with Gasteiger partial charge in [0, 0.05) is 5.56 Å². The Bertz CT molecular complexity index is 917. The number of hydrogen-bond donors (Lipinski definition) is 1. The van der Waals surface area contributed by atoms with Crippen LogP contribution in [0.25, 0.3) is 0 Å². The minimum atomic E-state index is -3.89. The van der Waals surface area contributed by atoms with E-state index < -0.39 is 33.8 Å². The second-order valence-corrected chi connectivity index (χ2v) is 8.02. The Morgan fingerprint density at radius 3 is 2.30 bits per heavy atom. The van der Waals surface area contributed by atoms with Gasteiger partial charge in [0.25, 0.3) is 0 Å². The largest absolute Gasteiger partial charge is 0.496 e. The highest BCUT2D eigenvalue weighted by atomic mass is 32.2. The van der Waals surface area contributed by atoms with Gasteiger partial charge < -0.3 is 10.1 Å². The van der Waals surface area contributed by atoms with Gasteiger partial charge in [-0.15, -0.1) is 0 Å². The second kappa shape index (κ2) is 8.39. The number of methoxy groups -OCH3 is 1. The van der Waals surface area contributed by atoms with Crippen LogP contribution in [0.1, 0.15) is 25.5 Å². The highest BCUT2D eigenvalue weighted by Crippen LogP contribution is 2.26. The zero-order valence-electron chi connectivity index (χ0n) is 15.6. The van der Waals surface area contributed by atoms with Crippen molar-refractivity contribution in [3.63, 3.8) is 0 Å². The second-order valence-electron chi connectivity index (χ2n) is 6.16. The maximum Gasteiger partial charge on any atom is 0.244 e. The lowest BCUT2D eigenvalue weighted by atomic mass is 10.1. The Kier molecular flexibility index (Phi) is 6.43. The monoisotopic (exact) mass is 394 g/mol. The number of halogens is 1. The van der Waals surface area contributed by atoms with Crippen molar-refractivity contribution in [2.75, 3.05) is 17.7 Å². The zero-order chi connectivity index (χ0) is 20.2. The SMILES string of the molecule is COc1ccccc1[C@H](C)NC(=O)[C@H](C)N(c1ccccc1F)S(C)(=O)=O. The number of para-hydroxylation sites is 2. The third kappa shape index (κ3) is 4.77. The Hall–Kier alpha value is -2.61. The Morgan fingerprint density at radius 2 is 1.70 bits per heavy atom. The number of benzene rings is 2. The fraction of sp³-hybridized carbons (Fsp3) is 0.316. The molecule has 1 N–H and O–H groups in total. The Labute approximate surface area is 159 Å². The summed E-state index contributed by atoms with van der Waals surface area (Å²) in [6.07, 6.45) is 0.937. The van der Waals surface area contributed by atoms with Gasteiger partial charge in [-0.25, -0.2) is 12.8 Å². The molecule has 0 heterocycles. The first-order valence-corrected chi connectivity index (χ1v) is 10.2. The predicted molar refractivity (Wildman–Crippen MR) is 103 cm³/mol. The van der Waals surface area contributed by atoms with E-state index in [0.29, 0.717) is 5.75 Å². The van der Waals surface area contributed by atoms with Crippen molar-refractivity contribution in [2.24, 2.45) is 0 Å². The van der Waals surface area contributed by atoms with E-state index in [1.165, 1.54) is 32.2 Å². The lowest BCUT2D eigenvalue weighted by Crippen LogP contribution is -2.48. The van der Waals surface area contributed by atoms with E-state index in [9.17, 15) is 17.6 Å². The Morgan fingerprint density at radius 1 is 1.11 bits per heavy atom. The quantitative estimate of drug-likeness (QED) is 0.784. The van der Waals surface area contributed by atoms with Gasteiger partial charge in [0.2, 0.25) is 15.9 Å². The van der Waals surface area contributed by atoms with Crippen molar-refractivity contribution < 1.29 is 22.3 Å². The molecule has 1 amide bonds. The third-order valence-electron chi connectivity index (χ3n) is 4.14. The number of anilines is 1. The topological polar surface area (TPSA) is 75.7 Å². The summed E-state index contributed by atoms with van der Waals surface area (Å²) in [5.74, 6) is -0.672. The van der Waals surface area contributed by atoms with Crippen LogP contribution in [0.15, 0.2) is 48.5 Å². The van der Waals surface area contributed by atoms with Crippen LogP contribution in [-0.2, 0) is 14.8 Å². The molecule has 27 heavy (non-hydrogen) atoms. The third-order valence-corrected chi connectivity index (χ3v) is 5.37. The van der Waals surface area contributed by atoms with Gasteiger partial charge >= 0.3 is 0 Å². The van der Waals surface area contributed by atoms with Crippen molar-refractivity contribution in [3.05, 3.63) is 59.9 Å². The van der Waals surface area contributed by atoms with E-state index in [1.54, 1.807) is 19.1 Å².